The zero-order chi connectivity index (χ0) is 17.4. The summed E-state index contributed by atoms with van der Waals surface area (Å²) in [5.41, 5.74) is 0.587. The second kappa shape index (κ2) is 6.20. The fourth-order valence-corrected chi connectivity index (χ4v) is 3.01. The van der Waals surface area contributed by atoms with Gasteiger partial charge in [0.05, 0.1) is 6.54 Å². The molecule has 25 heavy (non-hydrogen) atoms. The van der Waals surface area contributed by atoms with Crippen molar-refractivity contribution in [3.63, 3.8) is 0 Å². The first kappa shape index (κ1) is 15.6. The van der Waals surface area contributed by atoms with E-state index in [-0.39, 0.29) is 5.91 Å². The van der Waals surface area contributed by atoms with Crippen LogP contribution in [-0.2, 0) is 6.54 Å². The molecule has 128 valence electrons. The van der Waals surface area contributed by atoms with Crippen molar-refractivity contribution >= 4 is 5.91 Å². The largest absolute Gasteiger partial charge is 0.464 e. The molecule has 3 aromatic heterocycles. The first-order valence-corrected chi connectivity index (χ1v) is 8.40. The Morgan fingerprint density at radius 2 is 2.20 bits per heavy atom. The van der Waals surface area contributed by atoms with Crippen LogP contribution in [-0.4, -0.2) is 32.4 Å². The number of nitrogens with zero attached hydrogens (tertiary/aromatic N) is 4. The van der Waals surface area contributed by atoms with E-state index in [4.69, 9.17) is 4.42 Å². The van der Waals surface area contributed by atoms with E-state index in [0.29, 0.717) is 29.8 Å². The number of carbonyl (C=O) groups excluding carboxylic acids is 1. The highest BCUT2D eigenvalue weighted by Crippen LogP contribution is 2.47. The van der Waals surface area contributed by atoms with Crippen molar-refractivity contribution in [1.82, 2.24) is 19.4 Å². The second-order valence-electron chi connectivity index (χ2n) is 6.66. The molecular weight excluding hydrogens is 316 g/mol. The van der Waals surface area contributed by atoms with Crippen molar-refractivity contribution in [2.45, 2.75) is 25.8 Å². The zero-order valence-corrected chi connectivity index (χ0v) is 14.3. The molecule has 2 atom stereocenters. The molecule has 0 N–H and O–H groups in total. The molecule has 0 aliphatic heterocycles. The maximum absolute atomic E-state index is 12.7. The number of furan rings is 1. The third kappa shape index (κ3) is 3.20. The van der Waals surface area contributed by atoms with E-state index in [0.717, 1.165) is 11.5 Å². The first-order chi connectivity index (χ1) is 12.1. The van der Waals surface area contributed by atoms with Gasteiger partial charge in [-0.15, -0.1) is 0 Å². The van der Waals surface area contributed by atoms with Gasteiger partial charge >= 0.3 is 0 Å². The summed E-state index contributed by atoms with van der Waals surface area (Å²) in [7, 11) is 1.78. The maximum Gasteiger partial charge on any atom is 0.254 e. The second-order valence-corrected chi connectivity index (χ2v) is 6.66. The maximum atomic E-state index is 12.7. The van der Waals surface area contributed by atoms with Crippen molar-refractivity contribution in [3.8, 4) is 5.82 Å². The van der Waals surface area contributed by atoms with Crippen molar-refractivity contribution in [2.24, 2.45) is 5.92 Å². The molecule has 0 aromatic carbocycles. The van der Waals surface area contributed by atoms with Gasteiger partial charge < -0.3 is 9.32 Å². The number of pyridine rings is 1. The highest BCUT2D eigenvalue weighted by atomic mass is 16.3. The SMILES string of the molecule is C[C@@H]1C[C@H]1c1ccc(CN(C)C(=O)c2ccnc(-n3ccnc3)c2)o1. The minimum absolute atomic E-state index is 0.0681. The van der Waals surface area contributed by atoms with E-state index >= 15 is 0 Å². The number of imidazole rings is 1. The average molecular weight is 336 g/mol. The monoisotopic (exact) mass is 336 g/mol. The lowest BCUT2D eigenvalue weighted by Crippen LogP contribution is -2.26. The predicted octanol–water partition coefficient (Wildman–Crippen LogP) is 3.26. The molecule has 0 saturated heterocycles. The summed E-state index contributed by atoms with van der Waals surface area (Å²) in [6, 6.07) is 7.48. The number of amides is 1. The Balaban J connectivity index is 1.47. The lowest BCUT2D eigenvalue weighted by Gasteiger charge is -2.16. The van der Waals surface area contributed by atoms with Crippen molar-refractivity contribution < 1.29 is 9.21 Å². The Kier molecular flexibility index (Phi) is 3.87. The van der Waals surface area contributed by atoms with Crippen LogP contribution >= 0.6 is 0 Å². The van der Waals surface area contributed by atoms with E-state index in [2.05, 4.69) is 16.9 Å². The lowest BCUT2D eigenvalue weighted by molar-refractivity contribution is 0.0774. The average Bonchev–Trinajstić information content (AvgIpc) is 3.05. The molecule has 6 nitrogen and oxygen atoms in total. The molecule has 3 aromatic rings. The highest BCUT2D eigenvalue weighted by molar-refractivity contribution is 5.94. The third-order valence-corrected chi connectivity index (χ3v) is 4.66. The smallest absolute Gasteiger partial charge is 0.254 e. The number of rotatable bonds is 5. The molecule has 1 amide bonds. The van der Waals surface area contributed by atoms with Gasteiger partial charge in [-0.2, -0.15) is 0 Å². The normalized spacial score (nSPS) is 19.0. The van der Waals surface area contributed by atoms with Crippen LogP contribution in [0.2, 0.25) is 0 Å². The molecule has 1 saturated carbocycles. The van der Waals surface area contributed by atoms with E-state index < -0.39 is 0 Å². The lowest BCUT2D eigenvalue weighted by atomic mass is 10.2. The fraction of sp³-hybridized carbons (Fsp3) is 0.316. The van der Waals surface area contributed by atoms with Crippen LogP contribution in [0.3, 0.4) is 0 Å². The topological polar surface area (TPSA) is 64.2 Å². The van der Waals surface area contributed by atoms with Crippen LogP contribution in [0, 0.1) is 5.92 Å². The van der Waals surface area contributed by atoms with Crippen LogP contribution in [0.1, 0.15) is 41.1 Å². The molecule has 1 aliphatic rings. The van der Waals surface area contributed by atoms with E-state index in [1.807, 2.05) is 12.1 Å². The van der Waals surface area contributed by atoms with Crippen LogP contribution in [0.25, 0.3) is 5.82 Å². The van der Waals surface area contributed by atoms with Crippen molar-refractivity contribution in [1.29, 1.82) is 0 Å². The Morgan fingerprint density at radius 1 is 1.36 bits per heavy atom. The number of hydrogen-bond acceptors (Lipinski definition) is 4. The minimum Gasteiger partial charge on any atom is -0.464 e. The van der Waals surface area contributed by atoms with E-state index in [1.165, 1.54) is 6.42 Å². The molecule has 3 heterocycles. The summed E-state index contributed by atoms with van der Waals surface area (Å²) in [5, 5.41) is 0. The Labute approximate surface area is 146 Å². The molecule has 0 bridgehead atoms. The highest BCUT2D eigenvalue weighted by Gasteiger charge is 2.36. The van der Waals surface area contributed by atoms with Gasteiger partial charge in [0.1, 0.15) is 23.7 Å². The zero-order valence-electron chi connectivity index (χ0n) is 14.3. The Morgan fingerprint density at radius 3 is 2.92 bits per heavy atom. The Hall–Kier alpha value is -2.89. The van der Waals surface area contributed by atoms with Crippen LogP contribution in [0.15, 0.2) is 53.6 Å². The standard InChI is InChI=1S/C19H20N4O2/c1-13-9-16(13)17-4-3-15(25-17)11-22(2)19(24)14-5-6-21-18(10-14)23-8-7-20-12-23/h3-8,10,12-13,16H,9,11H2,1-2H3/t13-,16-/m1/s1. The number of aromatic nitrogens is 3. The summed E-state index contributed by atoms with van der Waals surface area (Å²) in [6.07, 6.45) is 7.95. The summed E-state index contributed by atoms with van der Waals surface area (Å²) in [5.74, 6) is 3.70. The molecule has 0 radical (unpaired) electrons. The van der Waals surface area contributed by atoms with Gasteiger partial charge in [-0.05, 0) is 36.6 Å². The van der Waals surface area contributed by atoms with Crippen LogP contribution in [0.4, 0.5) is 0 Å². The first-order valence-electron chi connectivity index (χ1n) is 8.40. The van der Waals surface area contributed by atoms with Gasteiger partial charge in [-0.25, -0.2) is 9.97 Å². The van der Waals surface area contributed by atoms with Gasteiger partial charge in [-0.1, -0.05) is 6.92 Å². The summed E-state index contributed by atoms with van der Waals surface area (Å²) in [6.45, 7) is 2.67. The molecule has 1 aliphatic carbocycles. The fourth-order valence-electron chi connectivity index (χ4n) is 3.01. The molecule has 0 unspecified atom stereocenters. The summed E-state index contributed by atoms with van der Waals surface area (Å²) >= 11 is 0. The number of hydrogen-bond donors (Lipinski definition) is 0. The molecule has 4 rings (SSSR count). The van der Waals surface area contributed by atoms with Gasteiger partial charge in [-0.3, -0.25) is 9.36 Å². The molecule has 6 heteroatoms. The molecule has 1 fully saturated rings. The summed E-state index contributed by atoms with van der Waals surface area (Å²) in [4.78, 5) is 22.7. The quantitative estimate of drug-likeness (QED) is 0.717. The van der Waals surface area contributed by atoms with Gasteiger partial charge in [0, 0.05) is 37.1 Å². The third-order valence-electron chi connectivity index (χ3n) is 4.66. The van der Waals surface area contributed by atoms with Crippen LogP contribution < -0.4 is 0 Å². The van der Waals surface area contributed by atoms with Gasteiger partial charge in [0.2, 0.25) is 0 Å². The van der Waals surface area contributed by atoms with E-state index in [1.54, 1.807) is 53.6 Å². The number of carbonyl (C=O) groups is 1. The van der Waals surface area contributed by atoms with Gasteiger partial charge in [0.25, 0.3) is 5.91 Å². The van der Waals surface area contributed by atoms with E-state index in [9.17, 15) is 4.79 Å². The Bertz CT molecular complexity index is 884. The van der Waals surface area contributed by atoms with Crippen molar-refractivity contribution in [3.05, 3.63) is 66.3 Å². The minimum atomic E-state index is -0.0681. The predicted molar refractivity (Wildman–Crippen MR) is 92.4 cm³/mol. The van der Waals surface area contributed by atoms with Gasteiger partial charge in [0.15, 0.2) is 0 Å². The van der Waals surface area contributed by atoms with Crippen molar-refractivity contribution in [2.75, 3.05) is 7.05 Å². The molecular formula is C19H20N4O2. The molecule has 0 spiro atoms. The summed E-state index contributed by atoms with van der Waals surface area (Å²) < 4.78 is 7.67. The van der Waals surface area contributed by atoms with Crippen LogP contribution in [0.5, 0.6) is 0 Å².